The largest absolute Gasteiger partial charge is 0.349 e. The fourth-order valence-electron chi connectivity index (χ4n) is 2.02. The number of hydrogen-bond acceptors (Lipinski definition) is 3. The van der Waals surface area contributed by atoms with E-state index >= 15 is 0 Å². The molecule has 0 bridgehead atoms. The molecule has 1 unspecified atom stereocenters. The van der Waals surface area contributed by atoms with Gasteiger partial charge in [0.1, 0.15) is 5.82 Å². The van der Waals surface area contributed by atoms with Crippen molar-refractivity contribution in [3.8, 4) is 0 Å². The molecule has 1 aromatic rings. The third kappa shape index (κ3) is 3.64. The van der Waals surface area contributed by atoms with Gasteiger partial charge in [0.25, 0.3) is 0 Å². The van der Waals surface area contributed by atoms with Gasteiger partial charge in [-0.05, 0) is 32.4 Å². The number of nitrogens with one attached hydrogen (secondary N) is 3. The van der Waals surface area contributed by atoms with Crippen LogP contribution in [-0.4, -0.2) is 35.6 Å². The molecule has 15 heavy (non-hydrogen) atoms. The summed E-state index contributed by atoms with van der Waals surface area (Å²) >= 11 is 0. The molecule has 1 saturated heterocycles. The van der Waals surface area contributed by atoms with Crippen LogP contribution in [-0.2, 0) is 6.42 Å². The molecule has 4 heteroatoms. The minimum atomic E-state index is 0.702. The van der Waals surface area contributed by atoms with Gasteiger partial charge in [0.2, 0.25) is 0 Å². The predicted molar refractivity (Wildman–Crippen MR) is 60.8 cm³/mol. The van der Waals surface area contributed by atoms with E-state index in [9.17, 15) is 0 Å². The maximum Gasteiger partial charge on any atom is 0.106 e. The Morgan fingerprint density at radius 3 is 3.27 bits per heavy atom. The zero-order valence-corrected chi connectivity index (χ0v) is 9.13. The summed E-state index contributed by atoms with van der Waals surface area (Å²) in [6.45, 7) is 3.38. The summed E-state index contributed by atoms with van der Waals surface area (Å²) in [5.41, 5.74) is 0. The number of aromatic amines is 1. The molecule has 0 radical (unpaired) electrons. The molecule has 1 aliphatic rings. The number of H-pyrrole nitrogens is 1. The van der Waals surface area contributed by atoms with E-state index < -0.39 is 0 Å². The van der Waals surface area contributed by atoms with Gasteiger partial charge >= 0.3 is 0 Å². The third-order valence-corrected chi connectivity index (χ3v) is 2.88. The average Bonchev–Trinajstić information content (AvgIpc) is 2.88. The van der Waals surface area contributed by atoms with E-state index in [0.29, 0.717) is 6.04 Å². The number of nitrogens with zero attached hydrogens (tertiary/aromatic N) is 1. The molecule has 1 fully saturated rings. The molecule has 3 N–H and O–H groups in total. The Hall–Kier alpha value is -0.870. The molecular weight excluding hydrogens is 188 g/mol. The minimum Gasteiger partial charge on any atom is -0.349 e. The number of imidazole rings is 1. The van der Waals surface area contributed by atoms with Crippen LogP contribution in [0.3, 0.4) is 0 Å². The van der Waals surface area contributed by atoms with Gasteiger partial charge in [-0.15, -0.1) is 0 Å². The summed E-state index contributed by atoms with van der Waals surface area (Å²) in [4.78, 5) is 7.31. The van der Waals surface area contributed by atoms with Gasteiger partial charge in [-0.3, -0.25) is 0 Å². The zero-order valence-electron chi connectivity index (χ0n) is 9.13. The highest BCUT2D eigenvalue weighted by molar-refractivity contribution is 4.86. The van der Waals surface area contributed by atoms with E-state index in [1.165, 1.54) is 19.4 Å². The molecule has 84 valence electrons. The Labute approximate surface area is 90.9 Å². The molecule has 1 atom stereocenters. The maximum atomic E-state index is 4.20. The molecule has 1 aromatic heterocycles. The number of aryl methyl sites for hydroxylation is 1. The van der Waals surface area contributed by atoms with Crippen molar-refractivity contribution in [1.82, 2.24) is 20.6 Å². The zero-order chi connectivity index (χ0) is 10.3. The van der Waals surface area contributed by atoms with E-state index in [-0.39, 0.29) is 0 Å². The van der Waals surface area contributed by atoms with Crippen LogP contribution in [0.2, 0.25) is 0 Å². The van der Waals surface area contributed by atoms with Gasteiger partial charge in [-0.2, -0.15) is 0 Å². The lowest BCUT2D eigenvalue weighted by atomic mass is 10.2. The standard InChI is InChI=1S/C11H20N4/c1-3-10(13-6-1)9-12-5-2-4-11-14-7-8-15-11/h7-8,10,12-13H,1-6,9H2,(H,14,15). The molecule has 2 rings (SSSR count). The van der Waals surface area contributed by atoms with Crippen molar-refractivity contribution in [3.05, 3.63) is 18.2 Å². The Bertz CT molecular complexity index is 252. The van der Waals surface area contributed by atoms with Crippen LogP contribution in [0, 0.1) is 0 Å². The van der Waals surface area contributed by atoms with Crippen molar-refractivity contribution in [2.24, 2.45) is 0 Å². The van der Waals surface area contributed by atoms with Crippen molar-refractivity contribution in [2.45, 2.75) is 31.7 Å². The van der Waals surface area contributed by atoms with Crippen molar-refractivity contribution >= 4 is 0 Å². The van der Waals surface area contributed by atoms with Crippen LogP contribution in [0.25, 0.3) is 0 Å². The Morgan fingerprint density at radius 2 is 2.53 bits per heavy atom. The first kappa shape index (κ1) is 10.6. The quantitative estimate of drug-likeness (QED) is 0.603. The van der Waals surface area contributed by atoms with Crippen LogP contribution >= 0.6 is 0 Å². The first-order chi connectivity index (χ1) is 7.45. The smallest absolute Gasteiger partial charge is 0.106 e. The lowest BCUT2D eigenvalue weighted by Crippen LogP contribution is -2.34. The van der Waals surface area contributed by atoms with Gasteiger partial charge in [0, 0.05) is 31.4 Å². The monoisotopic (exact) mass is 208 g/mol. The molecule has 0 aliphatic carbocycles. The molecular formula is C11H20N4. The SMILES string of the molecule is c1c[nH]c(CCCNCC2CCCN2)n1. The highest BCUT2D eigenvalue weighted by Crippen LogP contribution is 2.03. The van der Waals surface area contributed by atoms with Crippen molar-refractivity contribution in [1.29, 1.82) is 0 Å². The van der Waals surface area contributed by atoms with Crippen LogP contribution in [0.4, 0.5) is 0 Å². The van der Waals surface area contributed by atoms with Gasteiger partial charge in [0.15, 0.2) is 0 Å². The molecule has 0 saturated carbocycles. The summed E-state index contributed by atoms with van der Waals surface area (Å²) in [6.07, 6.45) is 8.54. The van der Waals surface area contributed by atoms with Gasteiger partial charge in [0.05, 0.1) is 0 Å². The van der Waals surface area contributed by atoms with E-state index in [0.717, 1.165) is 31.8 Å². The molecule has 4 nitrogen and oxygen atoms in total. The van der Waals surface area contributed by atoms with Crippen molar-refractivity contribution < 1.29 is 0 Å². The number of rotatable bonds is 6. The number of aromatic nitrogens is 2. The number of hydrogen-bond donors (Lipinski definition) is 3. The maximum absolute atomic E-state index is 4.20. The second-order valence-electron chi connectivity index (χ2n) is 4.14. The van der Waals surface area contributed by atoms with E-state index in [1.807, 2.05) is 12.4 Å². The topological polar surface area (TPSA) is 52.7 Å². The first-order valence-corrected chi connectivity index (χ1v) is 5.87. The lowest BCUT2D eigenvalue weighted by Gasteiger charge is -2.10. The van der Waals surface area contributed by atoms with Crippen LogP contribution in [0.5, 0.6) is 0 Å². The summed E-state index contributed by atoms with van der Waals surface area (Å²) < 4.78 is 0. The second kappa shape index (κ2) is 5.88. The van der Waals surface area contributed by atoms with Crippen LogP contribution < -0.4 is 10.6 Å². The summed E-state index contributed by atoms with van der Waals surface area (Å²) in [7, 11) is 0. The third-order valence-electron chi connectivity index (χ3n) is 2.88. The highest BCUT2D eigenvalue weighted by Gasteiger charge is 2.12. The van der Waals surface area contributed by atoms with E-state index in [2.05, 4.69) is 20.6 Å². The Balaban J connectivity index is 1.48. The van der Waals surface area contributed by atoms with E-state index in [4.69, 9.17) is 0 Å². The summed E-state index contributed by atoms with van der Waals surface area (Å²) in [5.74, 6) is 1.09. The van der Waals surface area contributed by atoms with Gasteiger partial charge in [-0.25, -0.2) is 4.98 Å². The van der Waals surface area contributed by atoms with Gasteiger partial charge in [-0.1, -0.05) is 0 Å². The average molecular weight is 208 g/mol. The molecule has 0 aromatic carbocycles. The lowest BCUT2D eigenvalue weighted by molar-refractivity contribution is 0.528. The molecule has 2 heterocycles. The van der Waals surface area contributed by atoms with Gasteiger partial charge < -0.3 is 15.6 Å². The molecule has 0 amide bonds. The Kier molecular flexibility index (Phi) is 4.17. The summed E-state index contributed by atoms with van der Waals surface area (Å²) in [5, 5.41) is 6.97. The minimum absolute atomic E-state index is 0.702. The van der Waals surface area contributed by atoms with Crippen LogP contribution in [0.1, 0.15) is 25.1 Å². The first-order valence-electron chi connectivity index (χ1n) is 5.87. The molecule has 1 aliphatic heterocycles. The van der Waals surface area contributed by atoms with Crippen LogP contribution in [0.15, 0.2) is 12.4 Å². The highest BCUT2D eigenvalue weighted by atomic mass is 15.0. The molecule has 0 spiro atoms. The van der Waals surface area contributed by atoms with E-state index in [1.54, 1.807) is 0 Å². The second-order valence-corrected chi connectivity index (χ2v) is 4.14. The fraction of sp³-hybridized carbons (Fsp3) is 0.727. The summed E-state index contributed by atoms with van der Waals surface area (Å²) in [6, 6.07) is 0.702. The Morgan fingerprint density at radius 1 is 1.53 bits per heavy atom. The predicted octanol–water partition coefficient (Wildman–Crippen LogP) is 0.684. The van der Waals surface area contributed by atoms with Crippen molar-refractivity contribution in [2.75, 3.05) is 19.6 Å². The van der Waals surface area contributed by atoms with Crippen molar-refractivity contribution in [3.63, 3.8) is 0 Å². The normalized spacial score (nSPS) is 20.9. The fourth-order valence-corrected chi connectivity index (χ4v) is 2.02.